The molecule has 0 radical (unpaired) electrons. The fraction of sp³-hybridized carbons (Fsp3) is 0.0500. The molecule has 4 aromatic rings. The van der Waals surface area contributed by atoms with Crippen LogP contribution in [0.4, 0.5) is 0 Å². The van der Waals surface area contributed by atoms with Crippen molar-refractivity contribution in [2.75, 3.05) is 0 Å². The number of rotatable bonds is 3. The number of hydrogen-bond donors (Lipinski definition) is 1. The standard InChI is InChI=1S/C20H14N4O/c21-10-14-1-3-15(4-2-14)12-24-13-18(7-8-20(24)25)16-5-6-17-11-22-23-19(17)9-16/h1-9,11,13H,12H2,(H,22,23). The van der Waals surface area contributed by atoms with E-state index >= 15 is 0 Å². The van der Waals surface area contributed by atoms with Gasteiger partial charge in [0.1, 0.15) is 0 Å². The Morgan fingerprint density at radius 2 is 1.84 bits per heavy atom. The molecule has 5 nitrogen and oxygen atoms in total. The zero-order valence-corrected chi connectivity index (χ0v) is 13.3. The zero-order chi connectivity index (χ0) is 17.2. The van der Waals surface area contributed by atoms with Crippen LogP contribution in [0.1, 0.15) is 11.1 Å². The summed E-state index contributed by atoms with van der Waals surface area (Å²) in [5.41, 5.74) is 4.47. The number of hydrogen-bond acceptors (Lipinski definition) is 3. The molecular formula is C20H14N4O. The van der Waals surface area contributed by atoms with Crippen LogP contribution in [0, 0.1) is 11.3 Å². The molecule has 0 saturated carbocycles. The number of nitrogens with zero attached hydrogens (tertiary/aromatic N) is 3. The number of H-pyrrole nitrogens is 1. The predicted octanol–water partition coefficient (Wildman–Crippen LogP) is 3.31. The lowest BCUT2D eigenvalue weighted by Crippen LogP contribution is -2.19. The van der Waals surface area contributed by atoms with Crippen molar-refractivity contribution in [1.29, 1.82) is 5.26 Å². The molecule has 0 aliphatic heterocycles. The van der Waals surface area contributed by atoms with E-state index in [1.807, 2.05) is 42.6 Å². The van der Waals surface area contributed by atoms with E-state index in [0.717, 1.165) is 27.6 Å². The molecule has 0 amide bonds. The summed E-state index contributed by atoms with van der Waals surface area (Å²) in [7, 11) is 0. The van der Waals surface area contributed by atoms with Crippen molar-refractivity contribution in [3.63, 3.8) is 0 Å². The van der Waals surface area contributed by atoms with Crippen molar-refractivity contribution >= 4 is 10.9 Å². The van der Waals surface area contributed by atoms with E-state index in [-0.39, 0.29) is 5.56 Å². The molecule has 2 aromatic carbocycles. The molecule has 0 spiro atoms. The van der Waals surface area contributed by atoms with Crippen molar-refractivity contribution in [2.24, 2.45) is 0 Å². The zero-order valence-electron chi connectivity index (χ0n) is 13.3. The maximum Gasteiger partial charge on any atom is 0.250 e. The molecular weight excluding hydrogens is 312 g/mol. The molecule has 0 unspecified atom stereocenters. The third-order valence-corrected chi connectivity index (χ3v) is 4.19. The fourth-order valence-electron chi connectivity index (χ4n) is 2.82. The Morgan fingerprint density at radius 1 is 1.04 bits per heavy atom. The van der Waals surface area contributed by atoms with Crippen LogP contribution in [-0.4, -0.2) is 14.8 Å². The Morgan fingerprint density at radius 3 is 2.64 bits per heavy atom. The van der Waals surface area contributed by atoms with Gasteiger partial charge in [-0.3, -0.25) is 9.89 Å². The van der Waals surface area contributed by atoms with Gasteiger partial charge < -0.3 is 4.57 Å². The molecule has 2 aromatic heterocycles. The highest BCUT2D eigenvalue weighted by molar-refractivity contribution is 5.83. The Bertz CT molecular complexity index is 1150. The van der Waals surface area contributed by atoms with E-state index in [1.54, 1.807) is 29.0 Å². The van der Waals surface area contributed by atoms with Gasteiger partial charge in [-0.1, -0.05) is 24.3 Å². The largest absolute Gasteiger partial charge is 0.310 e. The van der Waals surface area contributed by atoms with Gasteiger partial charge >= 0.3 is 0 Å². The third kappa shape index (κ3) is 2.93. The number of aromatic amines is 1. The first-order valence-corrected chi connectivity index (χ1v) is 7.86. The average molecular weight is 326 g/mol. The maximum absolute atomic E-state index is 12.2. The van der Waals surface area contributed by atoms with Crippen molar-refractivity contribution in [3.8, 4) is 17.2 Å². The molecule has 0 aliphatic rings. The highest BCUT2D eigenvalue weighted by atomic mass is 16.1. The van der Waals surface area contributed by atoms with Crippen LogP contribution in [-0.2, 0) is 6.54 Å². The first-order valence-electron chi connectivity index (χ1n) is 7.86. The second kappa shape index (κ2) is 6.10. The first kappa shape index (κ1) is 14.9. The second-order valence-electron chi connectivity index (χ2n) is 5.86. The van der Waals surface area contributed by atoms with Crippen LogP contribution < -0.4 is 5.56 Å². The summed E-state index contributed by atoms with van der Waals surface area (Å²) in [6.07, 6.45) is 3.64. The molecule has 0 saturated heterocycles. The molecule has 1 N–H and O–H groups in total. The SMILES string of the molecule is N#Cc1ccc(Cn2cc(-c3ccc4cn[nH]c4c3)ccc2=O)cc1. The summed E-state index contributed by atoms with van der Waals surface area (Å²) >= 11 is 0. The Balaban J connectivity index is 1.70. The number of fused-ring (bicyclic) bond motifs is 1. The molecule has 25 heavy (non-hydrogen) atoms. The van der Waals surface area contributed by atoms with E-state index in [9.17, 15) is 4.79 Å². The van der Waals surface area contributed by atoms with Crippen molar-refractivity contribution in [2.45, 2.75) is 6.54 Å². The minimum absolute atomic E-state index is 0.0595. The first-order chi connectivity index (χ1) is 12.2. The quantitative estimate of drug-likeness (QED) is 0.627. The predicted molar refractivity (Wildman–Crippen MR) is 96.0 cm³/mol. The number of aromatic nitrogens is 3. The van der Waals surface area contributed by atoms with Crippen LogP contribution in [0.3, 0.4) is 0 Å². The van der Waals surface area contributed by atoms with Crippen molar-refractivity contribution in [3.05, 3.63) is 88.5 Å². The van der Waals surface area contributed by atoms with Crippen LogP contribution >= 0.6 is 0 Å². The van der Waals surface area contributed by atoms with Crippen LogP contribution in [0.25, 0.3) is 22.0 Å². The van der Waals surface area contributed by atoms with Gasteiger partial charge in [0.05, 0.1) is 29.9 Å². The number of nitriles is 1. The molecule has 4 rings (SSSR count). The molecule has 5 heteroatoms. The van der Waals surface area contributed by atoms with Crippen molar-refractivity contribution in [1.82, 2.24) is 14.8 Å². The normalized spacial score (nSPS) is 10.7. The number of benzene rings is 2. The number of pyridine rings is 1. The molecule has 120 valence electrons. The van der Waals surface area contributed by atoms with Gasteiger partial charge in [0.25, 0.3) is 5.56 Å². The van der Waals surface area contributed by atoms with Crippen molar-refractivity contribution < 1.29 is 0 Å². The Hall–Kier alpha value is -3.65. The Labute approximate surface area is 143 Å². The summed E-state index contributed by atoms with van der Waals surface area (Å²) < 4.78 is 1.67. The van der Waals surface area contributed by atoms with Gasteiger partial charge in [0, 0.05) is 17.6 Å². The fourth-order valence-corrected chi connectivity index (χ4v) is 2.82. The Kier molecular flexibility index (Phi) is 3.64. The molecule has 0 bridgehead atoms. The van der Waals surface area contributed by atoms with E-state index < -0.39 is 0 Å². The van der Waals surface area contributed by atoms with Gasteiger partial charge in [-0.2, -0.15) is 10.4 Å². The van der Waals surface area contributed by atoms with Gasteiger partial charge in [-0.25, -0.2) is 0 Å². The van der Waals surface area contributed by atoms with Crippen LogP contribution in [0.2, 0.25) is 0 Å². The lowest BCUT2D eigenvalue weighted by molar-refractivity contribution is 0.761. The lowest BCUT2D eigenvalue weighted by atomic mass is 10.1. The van der Waals surface area contributed by atoms with Gasteiger partial charge in [-0.05, 0) is 41.0 Å². The minimum Gasteiger partial charge on any atom is -0.310 e. The van der Waals surface area contributed by atoms with Crippen LogP contribution in [0.5, 0.6) is 0 Å². The third-order valence-electron chi connectivity index (χ3n) is 4.19. The van der Waals surface area contributed by atoms with Gasteiger partial charge in [0.15, 0.2) is 0 Å². The maximum atomic E-state index is 12.2. The summed E-state index contributed by atoms with van der Waals surface area (Å²) in [4.78, 5) is 12.2. The smallest absolute Gasteiger partial charge is 0.250 e. The second-order valence-corrected chi connectivity index (χ2v) is 5.86. The monoisotopic (exact) mass is 326 g/mol. The van der Waals surface area contributed by atoms with Gasteiger partial charge in [0.2, 0.25) is 0 Å². The summed E-state index contributed by atoms with van der Waals surface area (Å²) in [5, 5.41) is 16.9. The summed E-state index contributed by atoms with van der Waals surface area (Å²) in [6, 6.07) is 18.8. The highest BCUT2D eigenvalue weighted by Gasteiger charge is 2.05. The molecule has 2 heterocycles. The number of nitrogens with one attached hydrogen (secondary N) is 1. The van der Waals surface area contributed by atoms with E-state index in [1.165, 1.54) is 0 Å². The molecule has 0 aliphatic carbocycles. The van der Waals surface area contributed by atoms with Gasteiger partial charge in [-0.15, -0.1) is 0 Å². The van der Waals surface area contributed by atoms with E-state index in [2.05, 4.69) is 16.3 Å². The van der Waals surface area contributed by atoms with Crippen LogP contribution in [0.15, 0.2) is 71.8 Å². The summed E-state index contributed by atoms with van der Waals surface area (Å²) in [6.45, 7) is 0.463. The van der Waals surface area contributed by atoms with E-state index in [0.29, 0.717) is 12.1 Å². The van der Waals surface area contributed by atoms with E-state index in [4.69, 9.17) is 5.26 Å². The highest BCUT2D eigenvalue weighted by Crippen LogP contribution is 2.22. The topological polar surface area (TPSA) is 74.5 Å². The minimum atomic E-state index is -0.0595. The molecule has 0 fully saturated rings. The summed E-state index contributed by atoms with van der Waals surface area (Å²) in [5.74, 6) is 0. The average Bonchev–Trinajstić information content (AvgIpc) is 3.12. The molecule has 0 atom stereocenters. The lowest BCUT2D eigenvalue weighted by Gasteiger charge is -2.09.